The topological polar surface area (TPSA) is 35.5 Å². The minimum atomic E-state index is -0.129. The normalized spacial score (nSPS) is 30.5. The van der Waals surface area contributed by atoms with Crippen LogP contribution in [0.4, 0.5) is 0 Å². The van der Waals surface area contributed by atoms with Gasteiger partial charge in [0.1, 0.15) is 0 Å². The fourth-order valence-electron chi connectivity index (χ4n) is 1.50. The summed E-state index contributed by atoms with van der Waals surface area (Å²) in [7, 11) is 2.12. The molecule has 0 saturated carbocycles. The number of hydrogen-bond donors (Lipinski definition) is 2. The van der Waals surface area contributed by atoms with Gasteiger partial charge in [0.25, 0.3) is 0 Å². The Morgan fingerprint density at radius 3 is 2.67 bits per heavy atom. The highest BCUT2D eigenvalue weighted by molar-refractivity contribution is 4.83. The molecule has 12 heavy (non-hydrogen) atoms. The number of hydrogen-bond acceptors (Lipinski definition) is 3. The first kappa shape index (κ1) is 9.96. The minimum Gasteiger partial charge on any atom is -0.392 e. The number of β-amino-alcohol motifs (C(OH)–C–C–N with tert-alkyl or cyclic N) is 1. The second kappa shape index (κ2) is 4.21. The van der Waals surface area contributed by atoms with Crippen LogP contribution in [0.5, 0.6) is 0 Å². The summed E-state index contributed by atoms with van der Waals surface area (Å²) in [4.78, 5) is 2.30. The van der Waals surface area contributed by atoms with Gasteiger partial charge < -0.3 is 15.3 Å². The van der Waals surface area contributed by atoms with E-state index in [1.54, 1.807) is 0 Å². The molecule has 0 aromatic rings. The van der Waals surface area contributed by atoms with Crippen LogP contribution in [0, 0.1) is 0 Å². The molecule has 1 aliphatic heterocycles. The summed E-state index contributed by atoms with van der Waals surface area (Å²) in [5.74, 6) is 0. The first-order valence-electron chi connectivity index (χ1n) is 4.71. The SMILES string of the molecule is CC(C)N(C)CC1CC(O)CN1. The maximum atomic E-state index is 9.27. The van der Waals surface area contributed by atoms with E-state index in [0.29, 0.717) is 12.1 Å². The van der Waals surface area contributed by atoms with E-state index in [4.69, 9.17) is 0 Å². The summed E-state index contributed by atoms with van der Waals surface area (Å²) in [5, 5.41) is 12.6. The predicted molar refractivity (Wildman–Crippen MR) is 50.2 cm³/mol. The Hall–Kier alpha value is -0.120. The largest absolute Gasteiger partial charge is 0.392 e. The minimum absolute atomic E-state index is 0.129. The Labute approximate surface area is 74.8 Å². The molecule has 0 aliphatic carbocycles. The van der Waals surface area contributed by atoms with Crippen LogP contribution >= 0.6 is 0 Å². The molecule has 2 unspecified atom stereocenters. The van der Waals surface area contributed by atoms with Crippen molar-refractivity contribution in [1.82, 2.24) is 10.2 Å². The predicted octanol–water partition coefficient (Wildman–Crippen LogP) is 0.0494. The standard InChI is InChI=1S/C9H20N2O/c1-7(2)11(3)6-8-4-9(12)5-10-8/h7-10,12H,4-6H2,1-3H3. The molecule has 3 nitrogen and oxygen atoms in total. The lowest BCUT2D eigenvalue weighted by molar-refractivity contribution is 0.186. The number of nitrogens with one attached hydrogen (secondary N) is 1. The fraction of sp³-hybridized carbons (Fsp3) is 1.00. The molecule has 1 fully saturated rings. The summed E-state index contributed by atoms with van der Waals surface area (Å²) in [6, 6.07) is 1.07. The Bertz CT molecular complexity index is 138. The van der Waals surface area contributed by atoms with Gasteiger partial charge in [-0.3, -0.25) is 0 Å². The summed E-state index contributed by atoms with van der Waals surface area (Å²) in [5.41, 5.74) is 0. The molecule has 3 heteroatoms. The molecule has 0 radical (unpaired) electrons. The molecule has 1 heterocycles. The van der Waals surface area contributed by atoms with Crippen LogP contribution in [0.2, 0.25) is 0 Å². The third kappa shape index (κ3) is 2.73. The molecule has 1 aliphatic rings. The van der Waals surface area contributed by atoms with Gasteiger partial charge in [0, 0.05) is 25.2 Å². The zero-order valence-electron chi connectivity index (χ0n) is 8.25. The second-order valence-electron chi connectivity index (χ2n) is 4.03. The van der Waals surface area contributed by atoms with Gasteiger partial charge in [-0.2, -0.15) is 0 Å². The molecular formula is C9H20N2O. The average Bonchev–Trinajstić information content (AvgIpc) is 2.35. The van der Waals surface area contributed by atoms with Crippen molar-refractivity contribution in [1.29, 1.82) is 0 Å². The maximum Gasteiger partial charge on any atom is 0.0680 e. The lowest BCUT2D eigenvalue weighted by Gasteiger charge is -2.24. The quantitative estimate of drug-likeness (QED) is 0.631. The van der Waals surface area contributed by atoms with Gasteiger partial charge in [-0.25, -0.2) is 0 Å². The lowest BCUT2D eigenvalue weighted by atomic mass is 10.2. The molecule has 0 spiro atoms. The molecule has 0 bridgehead atoms. The van der Waals surface area contributed by atoms with Crippen LogP contribution in [-0.4, -0.2) is 48.3 Å². The molecule has 0 aromatic heterocycles. The molecule has 2 atom stereocenters. The third-order valence-electron chi connectivity index (χ3n) is 2.59. The van der Waals surface area contributed by atoms with Crippen molar-refractivity contribution in [2.24, 2.45) is 0 Å². The number of rotatable bonds is 3. The summed E-state index contributed by atoms with van der Waals surface area (Å²) < 4.78 is 0. The van der Waals surface area contributed by atoms with Gasteiger partial charge in [-0.1, -0.05) is 0 Å². The molecule has 0 aromatic carbocycles. The first-order chi connectivity index (χ1) is 5.59. The molecule has 2 N–H and O–H groups in total. The highest BCUT2D eigenvalue weighted by Gasteiger charge is 2.23. The van der Waals surface area contributed by atoms with E-state index < -0.39 is 0 Å². The average molecular weight is 172 g/mol. The zero-order valence-corrected chi connectivity index (χ0v) is 8.25. The van der Waals surface area contributed by atoms with E-state index in [9.17, 15) is 5.11 Å². The van der Waals surface area contributed by atoms with Gasteiger partial charge in [0.05, 0.1) is 6.10 Å². The summed E-state index contributed by atoms with van der Waals surface area (Å²) >= 11 is 0. The lowest BCUT2D eigenvalue weighted by Crippen LogP contribution is -2.38. The van der Waals surface area contributed by atoms with Crippen molar-refractivity contribution in [2.45, 2.75) is 38.5 Å². The van der Waals surface area contributed by atoms with E-state index in [1.807, 2.05) is 0 Å². The Morgan fingerprint density at radius 2 is 2.25 bits per heavy atom. The van der Waals surface area contributed by atoms with Crippen molar-refractivity contribution in [3.05, 3.63) is 0 Å². The Balaban J connectivity index is 2.23. The van der Waals surface area contributed by atoms with Gasteiger partial charge >= 0.3 is 0 Å². The molecular weight excluding hydrogens is 152 g/mol. The van der Waals surface area contributed by atoms with E-state index in [1.165, 1.54) is 0 Å². The Morgan fingerprint density at radius 1 is 1.58 bits per heavy atom. The zero-order chi connectivity index (χ0) is 9.14. The first-order valence-corrected chi connectivity index (χ1v) is 4.71. The van der Waals surface area contributed by atoms with E-state index in [-0.39, 0.29) is 6.10 Å². The van der Waals surface area contributed by atoms with Gasteiger partial charge in [-0.05, 0) is 27.3 Å². The van der Waals surface area contributed by atoms with Crippen LogP contribution in [0.3, 0.4) is 0 Å². The van der Waals surface area contributed by atoms with E-state index in [2.05, 4.69) is 31.1 Å². The van der Waals surface area contributed by atoms with Gasteiger partial charge in [-0.15, -0.1) is 0 Å². The monoisotopic (exact) mass is 172 g/mol. The summed E-state index contributed by atoms with van der Waals surface area (Å²) in [6.07, 6.45) is 0.771. The number of likely N-dealkylation sites (N-methyl/N-ethyl adjacent to an activating group) is 1. The molecule has 1 rings (SSSR count). The van der Waals surface area contributed by atoms with Crippen molar-refractivity contribution >= 4 is 0 Å². The van der Waals surface area contributed by atoms with Crippen LogP contribution < -0.4 is 5.32 Å². The van der Waals surface area contributed by atoms with Crippen molar-refractivity contribution in [3.63, 3.8) is 0 Å². The van der Waals surface area contributed by atoms with Gasteiger partial charge in [0.15, 0.2) is 0 Å². The highest BCUT2D eigenvalue weighted by Crippen LogP contribution is 2.08. The second-order valence-corrected chi connectivity index (χ2v) is 4.03. The summed E-state index contributed by atoms with van der Waals surface area (Å²) in [6.45, 7) is 6.17. The number of aliphatic hydroxyl groups is 1. The van der Waals surface area contributed by atoms with Crippen LogP contribution in [-0.2, 0) is 0 Å². The van der Waals surface area contributed by atoms with E-state index in [0.717, 1.165) is 19.5 Å². The van der Waals surface area contributed by atoms with Crippen LogP contribution in [0.25, 0.3) is 0 Å². The maximum absolute atomic E-state index is 9.27. The van der Waals surface area contributed by atoms with Crippen molar-refractivity contribution in [2.75, 3.05) is 20.1 Å². The number of nitrogens with zero attached hydrogens (tertiary/aromatic N) is 1. The smallest absolute Gasteiger partial charge is 0.0680 e. The van der Waals surface area contributed by atoms with Gasteiger partial charge in [0.2, 0.25) is 0 Å². The van der Waals surface area contributed by atoms with Crippen molar-refractivity contribution in [3.8, 4) is 0 Å². The molecule has 1 saturated heterocycles. The van der Waals surface area contributed by atoms with Crippen LogP contribution in [0.15, 0.2) is 0 Å². The third-order valence-corrected chi connectivity index (χ3v) is 2.59. The van der Waals surface area contributed by atoms with Crippen molar-refractivity contribution < 1.29 is 5.11 Å². The molecule has 72 valence electrons. The number of aliphatic hydroxyl groups excluding tert-OH is 1. The highest BCUT2D eigenvalue weighted by atomic mass is 16.3. The van der Waals surface area contributed by atoms with E-state index >= 15 is 0 Å². The molecule has 0 amide bonds. The Kier molecular flexibility index (Phi) is 3.50. The fourth-order valence-corrected chi connectivity index (χ4v) is 1.50. The van der Waals surface area contributed by atoms with Crippen LogP contribution in [0.1, 0.15) is 20.3 Å².